The third-order valence-electron chi connectivity index (χ3n) is 7.25. The van der Waals surface area contributed by atoms with Crippen LogP contribution in [0.2, 0.25) is 5.02 Å². The van der Waals surface area contributed by atoms with Crippen LogP contribution in [0.25, 0.3) is 10.9 Å². The molecule has 5 rings (SSSR count). The summed E-state index contributed by atoms with van der Waals surface area (Å²) >= 11 is 6.26. The summed E-state index contributed by atoms with van der Waals surface area (Å²) in [4.78, 5) is 18.7. The van der Waals surface area contributed by atoms with Crippen molar-refractivity contribution in [3.8, 4) is 0 Å². The number of benzene rings is 1. The summed E-state index contributed by atoms with van der Waals surface area (Å²) in [5.74, 6) is -0.617. The summed E-state index contributed by atoms with van der Waals surface area (Å²) in [7, 11) is 0. The third kappa shape index (κ3) is 4.48. The molecule has 2 atom stereocenters. The van der Waals surface area contributed by atoms with Gasteiger partial charge in [-0.15, -0.1) is 0 Å². The molecule has 1 aliphatic heterocycles. The molecule has 0 bridgehead atoms. The van der Waals surface area contributed by atoms with E-state index in [2.05, 4.69) is 22.0 Å². The van der Waals surface area contributed by atoms with Crippen LogP contribution in [0, 0.1) is 0 Å². The molecule has 0 radical (unpaired) electrons. The smallest absolute Gasteiger partial charge is 0.201 e. The van der Waals surface area contributed by atoms with E-state index < -0.39 is 11.4 Å². The second kappa shape index (κ2) is 8.73. The van der Waals surface area contributed by atoms with E-state index in [4.69, 9.17) is 31.8 Å². The number of rotatable bonds is 3. The van der Waals surface area contributed by atoms with Crippen molar-refractivity contribution in [2.75, 3.05) is 11.5 Å². The Kier molecular flexibility index (Phi) is 6.10. The van der Waals surface area contributed by atoms with Gasteiger partial charge in [0.2, 0.25) is 5.79 Å². The molecule has 32 heavy (non-hydrogen) atoms. The van der Waals surface area contributed by atoms with Crippen LogP contribution in [-0.2, 0) is 14.5 Å². The zero-order chi connectivity index (χ0) is 22.3. The number of nitrogens with two attached hydrogens (primary N) is 1. The fourth-order valence-electron chi connectivity index (χ4n) is 5.57. The third-order valence-corrected chi connectivity index (χ3v) is 7.49. The Morgan fingerprint density at radius 2 is 1.88 bits per heavy atom. The number of aromatic nitrogens is 1. The van der Waals surface area contributed by atoms with Gasteiger partial charge < -0.3 is 15.4 Å². The van der Waals surface area contributed by atoms with Gasteiger partial charge in [-0.2, -0.15) is 0 Å². The Labute approximate surface area is 195 Å². The Hall–Kier alpha value is -1.44. The topological polar surface area (TPSA) is 69.8 Å². The number of hydrogen-bond acceptors (Lipinski definition) is 6. The van der Waals surface area contributed by atoms with Crippen molar-refractivity contribution in [1.29, 1.82) is 0 Å². The molecule has 2 saturated carbocycles. The van der Waals surface area contributed by atoms with Crippen LogP contribution in [0.15, 0.2) is 30.5 Å². The quantitative estimate of drug-likeness (QED) is 0.623. The maximum atomic E-state index is 6.43. The van der Waals surface area contributed by atoms with Gasteiger partial charge in [-0.25, -0.2) is 9.78 Å². The van der Waals surface area contributed by atoms with Crippen molar-refractivity contribution in [3.63, 3.8) is 0 Å². The predicted molar refractivity (Wildman–Crippen MR) is 127 cm³/mol. The van der Waals surface area contributed by atoms with E-state index in [1.807, 2.05) is 32.2 Å². The number of nitrogens with zero attached hydrogens (tertiary/aromatic N) is 2. The molecular weight excluding hydrogens is 426 g/mol. The summed E-state index contributed by atoms with van der Waals surface area (Å²) in [5, 5.41) is 1.86. The molecule has 7 heteroatoms. The SMILES string of the molecule is CC1(C)COC2(CCC(N(c3ccnc4cc(Cl)ccc34)C3CCCC(N)C3)CC2)OO1. The summed E-state index contributed by atoms with van der Waals surface area (Å²) < 4.78 is 6.19. The fraction of sp³-hybridized carbons (Fsp3) is 0.640. The minimum atomic E-state index is -0.617. The molecule has 1 aromatic heterocycles. The highest BCUT2D eigenvalue weighted by Crippen LogP contribution is 2.43. The van der Waals surface area contributed by atoms with Gasteiger partial charge in [-0.3, -0.25) is 4.98 Å². The molecule has 1 saturated heterocycles. The van der Waals surface area contributed by atoms with E-state index in [1.165, 1.54) is 12.1 Å². The highest BCUT2D eigenvalue weighted by Gasteiger charge is 2.46. The Bertz CT molecular complexity index is 949. The first-order valence-corrected chi connectivity index (χ1v) is 12.3. The zero-order valence-electron chi connectivity index (χ0n) is 19.1. The minimum absolute atomic E-state index is 0.259. The maximum absolute atomic E-state index is 6.43. The number of ether oxygens (including phenoxy) is 1. The van der Waals surface area contributed by atoms with Gasteiger partial charge in [0.25, 0.3) is 0 Å². The van der Waals surface area contributed by atoms with E-state index in [-0.39, 0.29) is 6.04 Å². The van der Waals surface area contributed by atoms with Crippen molar-refractivity contribution < 1.29 is 14.5 Å². The summed E-state index contributed by atoms with van der Waals surface area (Å²) in [6.07, 6.45) is 9.95. The molecule has 1 aromatic carbocycles. The zero-order valence-corrected chi connectivity index (χ0v) is 19.8. The molecule has 0 amide bonds. The first kappa shape index (κ1) is 22.4. The first-order chi connectivity index (χ1) is 15.3. The molecule has 174 valence electrons. The monoisotopic (exact) mass is 459 g/mol. The summed E-state index contributed by atoms with van der Waals surface area (Å²) in [6.45, 7) is 4.52. The average Bonchev–Trinajstić information content (AvgIpc) is 2.78. The Morgan fingerprint density at radius 3 is 2.59 bits per heavy atom. The normalized spacial score (nSPS) is 32.8. The van der Waals surface area contributed by atoms with Gasteiger partial charge in [0.05, 0.1) is 12.1 Å². The van der Waals surface area contributed by atoms with Crippen LogP contribution < -0.4 is 10.6 Å². The largest absolute Gasteiger partial charge is 0.365 e. The van der Waals surface area contributed by atoms with E-state index in [1.54, 1.807) is 0 Å². The summed E-state index contributed by atoms with van der Waals surface area (Å²) in [6, 6.07) is 9.22. The van der Waals surface area contributed by atoms with E-state index in [9.17, 15) is 0 Å². The van der Waals surface area contributed by atoms with Crippen molar-refractivity contribution >= 4 is 28.2 Å². The number of hydrogen-bond donors (Lipinski definition) is 1. The van der Waals surface area contributed by atoms with Gasteiger partial charge in [0.15, 0.2) is 0 Å². The predicted octanol–water partition coefficient (Wildman–Crippen LogP) is 5.36. The molecule has 3 fully saturated rings. The van der Waals surface area contributed by atoms with Gasteiger partial charge in [-0.1, -0.05) is 11.6 Å². The van der Waals surface area contributed by atoms with Crippen LogP contribution in [0.4, 0.5) is 5.69 Å². The lowest BCUT2D eigenvalue weighted by atomic mass is 9.84. The van der Waals surface area contributed by atoms with Crippen molar-refractivity contribution in [2.45, 2.75) is 94.7 Å². The highest BCUT2D eigenvalue weighted by atomic mass is 35.5. The van der Waals surface area contributed by atoms with E-state index in [0.717, 1.165) is 55.8 Å². The highest BCUT2D eigenvalue weighted by molar-refractivity contribution is 6.31. The molecule has 1 spiro atoms. The molecule has 3 aliphatic rings. The Morgan fingerprint density at radius 1 is 1.06 bits per heavy atom. The van der Waals surface area contributed by atoms with Gasteiger partial charge >= 0.3 is 0 Å². The minimum Gasteiger partial charge on any atom is -0.365 e. The van der Waals surface area contributed by atoms with E-state index in [0.29, 0.717) is 23.7 Å². The molecule has 2 unspecified atom stereocenters. The molecule has 6 nitrogen and oxygen atoms in total. The maximum Gasteiger partial charge on any atom is 0.201 e. The average molecular weight is 460 g/mol. The standard InChI is InChI=1S/C25H34ClN3O3/c1-24(2)16-30-25(32-31-24)11-8-19(9-12-25)29(20-5-3-4-18(27)15-20)23-10-13-28-22-14-17(26)6-7-21(22)23/h6-7,10,13-14,18-20H,3-5,8-9,11-12,15-16,27H2,1-2H3. The number of halogens is 1. The first-order valence-electron chi connectivity index (χ1n) is 11.9. The van der Waals surface area contributed by atoms with Gasteiger partial charge in [0, 0.05) is 53.3 Å². The number of fused-ring (bicyclic) bond motifs is 1. The van der Waals surface area contributed by atoms with Crippen LogP contribution >= 0.6 is 11.6 Å². The van der Waals surface area contributed by atoms with Gasteiger partial charge in [-0.05, 0) is 76.6 Å². The molecule has 2 aromatic rings. The molecule has 2 heterocycles. The van der Waals surface area contributed by atoms with Crippen LogP contribution in [0.1, 0.15) is 65.2 Å². The second-order valence-electron chi connectivity index (χ2n) is 10.3. The Balaban J connectivity index is 1.43. The molecular formula is C25H34ClN3O3. The molecule has 2 aliphatic carbocycles. The lowest BCUT2D eigenvalue weighted by Crippen LogP contribution is -2.55. The van der Waals surface area contributed by atoms with Crippen molar-refractivity contribution in [2.24, 2.45) is 5.73 Å². The second-order valence-corrected chi connectivity index (χ2v) is 10.8. The van der Waals surface area contributed by atoms with Crippen LogP contribution in [0.5, 0.6) is 0 Å². The molecule has 2 N–H and O–H groups in total. The number of anilines is 1. The summed E-state index contributed by atoms with van der Waals surface area (Å²) in [5.41, 5.74) is 8.19. The lowest BCUT2D eigenvalue weighted by molar-refractivity contribution is -0.511. The van der Waals surface area contributed by atoms with Crippen molar-refractivity contribution in [1.82, 2.24) is 4.98 Å². The van der Waals surface area contributed by atoms with E-state index >= 15 is 0 Å². The fourth-order valence-corrected chi connectivity index (χ4v) is 5.73. The van der Waals surface area contributed by atoms with Crippen LogP contribution in [-0.4, -0.2) is 41.1 Å². The lowest BCUT2D eigenvalue weighted by Gasteiger charge is -2.49. The van der Waals surface area contributed by atoms with Gasteiger partial charge in [0.1, 0.15) is 5.60 Å². The number of pyridine rings is 1. The van der Waals surface area contributed by atoms with Crippen LogP contribution in [0.3, 0.4) is 0 Å². The van der Waals surface area contributed by atoms with Crippen molar-refractivity contribution in [3.05, 3.63) is 35.5 Å².